The first-order valence-corrected chi connectivity index (χ1v) is 14.3. The molecule has 0 fully saturated rings. The Kier molecular flexibility index (Phi) is 18.6. The predicted octanol–water partition coefficient (Wildman–Crippen LogP) is 5.32. The van der Waals surface area contributed by atoms with E-state index in [1.165, 1.54) is 37.6 Å². The lowest BCUT2D eigenvalue weighted by Crippen LogP contribution is -2.43. The van der Waals surface area contributed by atoms with Crippen molar-refractivity contribution in [3.8, 4) is 11.5 Å². The van der Waals surface area contributed by atoms with Gasteiger partial charge in [-0.25, -0.2) is 0 Å². The summed E-state index contributed by atoms with van der Waals surface area (Å²) in [4.78, 5) is 47.4. The average molecular weight is 577 g/mol. The van der Waals surface area contributed by atoms with Crippen LogP contribution in [-0.4, -0.2) is 60.4 Å². The number of amides is 2. The number of ether oxygens (including phenoxy) is 2. The van der Waals surface area contributed by atoms with Crippen molar-refractivity contribution >= 4 is 35.3 Å². The zero-order valence-corrected chi connectivity index (χ0v) is 25.7. The molecule has 0 aliphatic heterocycles. The summed E-state index contributed by atoms with van der Waals surface area (Å²) in [6.45, 7) is 10.2. The Balaban J connectivity index is 0.00000232. The zero-order valence-electron chi connectivity index (χ0n) is 24.9. The number of ketones is 1. The molecule has 40 heavy (non-hydrogen) atoms. The van der Waals surface area contributed by atoms with Gasteiger partial charge >= 0.3 is 0 Å². The molecule has 1 aliphatic rings. The highest BCUT2D eigenvalue weighted by molar-refractivity contribution is 8.00. The third-order valence-electron chi connectivity index (χ3n) is 5.27. The van der Waals surface area contributed by atoms with Crippen LogP contribution in [0, 0.1) is 0 Å². The first-order chi connectivity index (χ1) is 19.0. The van der Waals surface area contributed by atoms with E-state index >= 15 is 0 Å². The smallest absolute Gasteiger partial charge is 0.300 e. The molecule has 1 atom stereocenters. The second-order valence-corrected chi connectivity index (χ2v) is 9.67. The molecule has 1 aliphatic carbocycles. The van der Waals surface area contributed by atoms with Crippen molar-refractivity contribution in [1.82, 2.24) is 10.6 Å². The molecule has 9 nitrogen and oxygen atoms in total. The number of rotatable bonds is 11. The summed E-state index contributed by atoms with van der Waals surface area (Å²) < 4.78 is 10.5. The summed E-state index contributed by atoms with van der Waals surface area (Å²) in [6, 6.07) is 4.15. The summed E-state index contributed by atoms with van der Waals surface area (Å²) in [6.07, 6.45) is 9.80. The van der Waals surface area contributed by atoms with Crippen molar-refractivity contribution in [2.45, 2.75) is 66.8 Å². The number of hydrogen-bond acceptors (Lipinski definition) is 7. The molecule has 222 valence electrons. The number of thioether (sulfide) groups is 1. The second-order valence-electron chi connectivity index (χ2n) is 8.68. The standard InChI is InChI=1S/C26H34N2O5S.C2H4O2.C2H6/c1-17(2)24(28-25(30)21-14-20(32-4)12-13-23(21)33-5)26(31)27-18(3)22(29)16-34-15-19-10-8-6-7-9-11-19;1-2(3)4;1-2/h8,10-14,18H,6-7,9,15-16H2,1-5H3,(H,27,31)(H,28,30);1H3,(H,3,4);1-2H3/t18-;;/m0../s1. The number of nitrogens with one attached hydrogen (secondary N) is 2. The van der Waals surface area contributed by atoms with Gasteiger partial charge in [-0.15, -0.1) is 11.8 Å². The third-order valence-corrected chi connectivity index (χ3v) is 6.30. The normalized spacial score (nSPS) is 12.4. The van der Waals surface area contributed by atoms with E-state index in [2.05, 4.69) is 28.9 Å². The molecule has 2 rings (SSSR count). The number of methoxy groups -OCH3 is 2. The van der Waals surface area contributed by atoms with Gasteiger partial charge in [-0.1, -0.05) is 32.1 Å². The van der Waals surface area contributed by atoms with E-state index in [4.69, 9.17) is 19.4 Å². The molecule has 2 amide bonds. The Morgan fingerprint density at radius 2 is 1.70 bits per heavy atom. The number of allylic oxidation sites excluding steroid dienone is 4. The average Bonchev–Trinajstić information content (AvgIpc) is 3.20. The molecule has 10 heteroatoms. The Morgan fingerprint density at radius 3 is 2.27 bits per heavy atom. The first kappa shape index (κ1) is 36.5. The molecule has 1 aromatic rings. The third kappa shape index (κ3) is 14.0. The molecule has 0 saturated heterocycles. The highest BCUT2D eigenvalue weighted by Crippen LogP contribution is 2.24. The van der Waals surface area contributed by atoms with Gasteiger partial charge in [0.15, 0.2) is 5.78 Å². The van der Waals surface area contributed by atoms with Gasteiger partial charge in [-0.05, 0) is 69.4 Å². The van der Waals surface area contributed by atoms with E-state index in [1.807, 2.05) is 13.8 Å². The Hall–Kier alpha value is -3.53. The van der Waals surface area contributed by atoms with Crippen LogP contribution in [0.3, 0.4) is 0 Å². The molecule has 0 heterocycles. The molecule has 1 aromatic carbocycles. The Bertz CT molecular complexity index is 1090. The van der Waals surface area contributed by atoms with Crippen LogP contribution in [0.25, 0.3) is 0 Å². The van der Waals surface area contributed by atoms with Gasteiger partial charge in [-0.3, -0.25) is 19.2 Å². The summed E-state index contributed by atoms with van der Waals surface area (Å²) in [5.74, 6) is -0.0423. The van der Waals surface area contributed by atoms with Gasteiger partial charge in [0.1, 0.15) is 17.2 Å². The van der Waals surface area contributed by atoms with Crippen LogP contribution < -0.4 is 20.1 Å². The number of carboxylic acid groups (broad SMARTS) is 1. The zero-order chi connectivity index (χ0) is 30.7. The maximum Gasteiger partial charge on any atom is 0.300 e. The lowest BCUT2D eigenvalue weighted by Gasteiger charge is -2.17. The number of carbonyl (C=O) groups is 4. The number of hydrogen-bond donors (Lipinski definition) is 3. The SMILES string of the molecule is CC.CC(=O)O.COc1ccc(OC)c(C(=O)NC(C(=O)N[C@@H](C)C(=O)CSCC2=CCCCC=C2)=C(C)C)c1. The fourth-order valence-corrected chi connectivity index (χ4v) is 4.26. The minimum Gasteiger partial charge on any atom is -0.497 e. The van der Waals surface area contributed by atoms with E-state index in [-0.39, 0.29) is 17.0 Å². The Labute approximate surface area is 242 Å². The number of aliphatic carboxylic acids is 1. The fraction of sp³-hybridized carbons (Fsp3) is 0.467. The van der Waals surface area contributed by atoms with Gasteiger partial charge in [0, 0.05) is 12.7 Å². The highest BCUT2D eigenvalue weighted by atomic mass is 32.2. The molecular weight excluding hydrogens is 532 g/mol. The molecule has 0 radical (unpaired) electrons. The fourth-order valence-electron chi connectivity index (χ4n) is 3.26. The molecule has 3 N–H and O–H groups in total. The molecule has 0 spiro atoms. The van der Waals surface area contributed by atoms with Gasteiger partial charge in [0.05, 0.1) is 31.6 Å². The molecule has 0 aromatic heterocycles. The lowest BCUT2D eigenvalue weighted by atomic mass is 10.1. The van der Waals surface area contributed by atoms with Gasteiger partial charge in [0.2, 0.25) is 0 Å². The van der Waals surface area contributed by atoms with Gasteiger partial charge in [0.25, 0.3) is 17.8 Å². The van der Waals surface area contributed by atoms with E-state index in [9.17, 15) is 14.4 Å². The summed E-state index contributed by atoms with van der Waals surface area (Å²) in [5.41, 5.74) is 2.16. The van der Waals surface area contributed by atoms with Crippen LogP contribution in [0.5, 0.6) is 11.5 Å². The van der Waals surface area contributed by atoms with Crippen molar-refractivity contribution in [3.05, 3.63) is 58.8 Å². The number of carboxylic acids is 1. The Morgan fingerprint density at radius 1 is 1.05 bits per heavy atom. The van der Waals surface area contributed by atoms with Crippen LogP contribution in [0.4, 0.5) is 0 Å². The van der Waals surface area contributed by atoms with Crippen LogP contribution >= 0.6 is 11.8 Å². The lowest BCUT2D eigenvalue weighted by molar-refractivity contribution is -0.134. The van der Waals surface area contributed by atoms with E-state index in [0.717, 1.165) is 31.9 Å². The van der Waals surface area contributed by atoms with Crippen LogP contribution in [0.2, 0.25) is 0 Å². The van der Waals surface area contributed by atoms with Crippen molar-refractivity contribution in [2.24, 2.45) is 0 Å². The van der Waals surface area contributed by atoms with Crippen molar-refractivity contribution in [1.29, 1.82) is 0 Å². The van der Waals surface area contributed by atoms with E-state index in [0.29, 0.717) is 22.8 Å². The van der Waals surface area contributed by atoms with Crippen LogP contribution in [-0.2, 0) is 14.4 Å². The maximum atomic E-state index is 12.9. The minimum atomic E-state index is -0.833. The number of Topliss-reactive ketones (excluding diaryl/α,β-unsaturated/α-hetero) is 1. The number of carbonyl (C=O) groups excluding carboxylic acids is 3. The van der Waals surface area contributed by atoms with Crippen molar-refractivity contribution in [2.75, 3.05) is 25.7 Å². The largest absolute Gasteiger partial charge is 0.497 e. The monoisotopic (exact) mass is 576 g/mol. The van der Waals surface area contributed by atoms with E-state index < -0.39 is 23.8 Å². The molecule has 0 unspecified atom stereocenters. The summed E-state index contributed by atoms with van der Waals surface area (Å²) >= 11 is 1.53. The molecule has 0 saturated carbocycles. The molecule has 0 bridgehead atoms. The number of benzene rings is 1. The maximum absolute atomic E-state index is 12.9. The van der Waals surface area contributed by atoms with Gasteiger partial charge < -0.3 is 25.2 Å². The summed E-state index contributed by atoms with van der Waals surface area (Å²) in [5, 5.41) is 12.8. The van der Waals surface area contributed by atoms with Crippen molar-refractivity contribution in [3.63, 3.8) is 0 Å². The topological polar surface area (TPSA) is 131 Å². The van der Waals surface area contributed by atoms with Gasteiger partial charge in [-0.2, -0.15) is 0 Å². The predicted molar refractivity (Wildman–Crippen MR) is 161 cm³/mol. The highest BCUT2D eigenvalue weighted by Gasteiger charge is 2.22. The van der Waals surface area contributed by atoms with Crippen LogP contribution in [0.15, 0.2) is 53.3 Å². The second kappa shape index (κ2) is 20.4. The molecular formula is C30H44N2O7S. The van der Waals surface area contributed by atoms with E-state index in [1.54, 1.807) is 32.9 Å². The minimum absolute atomic E-state index is 0.0783. The quantitative estimate of drug-likeness (QED) is 0.302. The van der Waals surface area contributed by atoms with Crippen LogP contribution in [0.1, 0.15) is 71.2 Å². The first-order valence-electron chi connectivity index (χ1n) is 13.2. The summed E-state index contributed by atoms with van der Waals surface area (Å²) in [7, 11) is 2.96. The van der Waals surface area contributed by atoms with Crippen molar-refractivity contribution < 1.29 is 33.8 Å².